The number of rotatable bonds is 5. The van der Waals surface area contributed by atoms with Crippen LogP contribution in [0.3, 0.4) is 0 Å². The normalized spacial score (nSPS) is 16.3. The summed E-state index contributed by atoms with van der Waals surface area (Å²) in [6.45, 7) is 6.28. The Labute approximate surface area is 141 Å². The van der Waals surface area contributed by atoms with E-state index in [1.165, 1.54) is 4.31 Å². The minimum Gasteiger partial charge on any atom is -0.494 e. The first-order chi connectivity index (χ1) is 11.5. The summed E-state index contributed by atoms with van der Waals surface area (Å²) in [6, 6.07) is 8.41. The van der Waals surface area contributed by atoms with E-state index in [-0.39, 0.29) is 4.90 Å². The molecule has 1 saturated heterocycles. The van der Waals surface area contributed by atoms with Crippen LogP contribution in [0, 0.1) is 6.92 Å². The van der Waals surface area contributed by atoms with Gasteiger partial charge >= 0.3 is 0 Å². The van der Waals surface area contributed by atoms with Crippen LogP contribution in [0.5, 0.6) is 5.75 Å². The van der Waals surface area contributed by atoms with Crippen molar-refractivity contribution in [3.05, 3.63) is 36.1 Å². The first-order valence-electron chi connectivity index (χ1n) is 7.92. The van der Waals surface area contributed by atoms with Gasteiger partial charge in [0.1, 0.15) is 11.5 Å². The first kappa shape index (κ1) is 16.8. The highest BCUT2D eigenvalue weighted by Gasteiger charge is 2.29. The average Bonchev–Trinajstić information content (AvgIpc) is 3.02. The van der Waals surface area contributed by atoms with Crippen molar-refractivity contribution in [3.63, 3.8) is 0 Å². The zero-order valence-electron chi connectivity index (χ0n) is 13.8. The van der Waals surface area contributed by atoms with Gasteiger partial charge in [-0.2, -0.15) is 4.31 Å². The van der Waals surface area contributed by atoms with Gasteiger partial charge < -0.3 is 14.2 Å². The van der Waals surface area contributed by atoms with Crippen molar-refractivity contribution >= 4 is 15.8 Å². The molecule has 0 radical (unpaired) electrons. The van der Waals surface area contributed by atoms with E-state index in [4.69, 9.17) is 9.26 Å². The number of aromatic nitrogens is 1. The molecule has 1 fully saturated rings. The van der Waals surface area contributed by atoms with E-state index in [1.54, 1.807) is 24.3 Å². The number of sulfonamides is 1. The number of hydrogen-bond donors (Lipinski definition) is 0. The molecule has 0 spiro atoms. The van der Waals surface area contributed by atoms with Crippen LogP contribution >= 0.6 is 0 Å². The molecule has 0 aliphatic carbocycles. The number of nitrogens with zero attached hydrogens (tertiary/aromatic N) is 3. The molecule has 2 aromatic rings. The van der Waals surface area contributed by atoms with Gasteiger partial charge in [0.2, 0.25) is 10.0 Å². The molecule has 0 N–H and O–H groups in total. The number of anilines is 1. The lowest BCUT2D eigenvalue weighted by molar-refractivity contribution is 0.340. The maximum Gasteiger partial charge on any atom is 0.243 e. The molecule has 0 saturated carbocycles. The highest BCUT2D eigenvalue weighted by atomic mass is 32.2. The van der Waals surface area contributed by atoms with Gasteiger partial charge in [-0.1, -0.05) is 5.16 Å². The van der Waals surface area contributed by atoms with E-state index < -0.39 is 10.0 Å². The smallest absolute Gasteiger partial charge is 0.243 e. The van der Waals surface area contributed by atoms with E-state index in [2.05, 4.69) is 5.16 Å². The van der Waals surface area contributed by atoms with Crippen LogP contribution < -0.4 is 9.64 Å². The Morgan fingerprint density at radius 3 is 2.38 bits per heavy atom. The van der Waals surface area contributed by atoms with Crippen LogP contribution in [0.25, 0.3) is 0 Å². The molecule has 7 nitrogen and oxygen atoms in total. The fourth-order valence-electron chi connectivity index (χ4n) is 2.68. The van der Waals surface area contributed by atoms with E-state index in [0.717, 1.165) is 11.6 Å². The second kappa shape index (κ2) is 6.82. The highest BCUT2D eigenvalue weighted by Crippen LogP contribution is 2.22. The van der Waals surface area contributed by atoms with Crippen molar-refractivity contribution in [1.82, 2.24) is 9.46 Å². The molecule has 3 rings (SSSR count). The molecular formula is C16H21N3O4S. The number of benzene rings is 1. The molecule has 1 aliphatic rings. The molecule has 1 aliphatic heterocycles. The fraction of sp³-hybridized carbons (Fsp3) is 0.438. The van der Waals surface area contributed by atoms with Crippen molar-refractivity contribution in [1.29, 1.82) is 0 Å². The van der Waals surface area contributed by atoms with Crippen molar-refractivity contribution in [2.45, 2.75) is 18.7 Å². The van der Waals surface area contributed by atoms with Crippen LogP contribution in [-0.2, 0) is 10.0 Å². The van der Waals surface area contributed by atoms with Crippen LogP contribution in [0.4, 0.5) is 5.82 Å². The molecule has 1 aromatic carbocycles. The molecule has 0 amide bonds. The number of ether oxygens (including phenoxy) is 1. The fourth-order valence-corrected chi connectivity index (χ4v) is 4.11. The number of piperazine rings is 1. The zero-order chi connectivity index (χ0) is 17.2. The van der Waals surface area contributed by atoms with E-state index in [9.17, 15) is 8.42 Å². The summed E-state index contributed by atoms with van der Waals surface area (Å²) in [6.07, 6.45) is 0. The Balaban J connectivity index is 1.68. The van der Waals surface area contributed by atoms with Gasteiger partial charge in [0.15, 0.2) is 5.82 Å². The quantitative estimate of drug-likeness (QED) is 0.819. The molecule has 0 bridgehead atoms. The lowest BCUT2D eigenvalue weighted by Gasteiger charge is -2.33. The van der Waals surface area contributed by atoms with Gasteiger partial charge in [0, 0.05) is 32.2 Å². The molecule has 130 valence electrons. The SMILES string of the molecule is CCOc1ccc(S(=O)(=O)N2CCN(c3cc(C)on3)CC2)cc1. The second-order valence-electron chi connectivity index (χ2n) is 5.59. The topological polar surface area (TPSA) is 75.9 Å². The van der Waals surface area contributed by atoms with Crippen molar-refractivity contribution in [3.8, 4) is 5.75 Å². The van der Waals surface area contributed by atoms with Crippen LogP contribution in [0.1, 0.15) is 12.7 Å². The minimum atomic E-state index is -3.49. The van der Waals surface area contributed by atoms with Crippen LogP contribution in [0.2, 0.25) is 0 Å². The third-order valence-electron chi connectivity index (χ3n) is 3.95. The standard InChI is InChI=1S/C16H21N3O4S/c1-3-22-14-4-6-15(7-5-14)24(20,21)19-10-8-18(9-11-19)16-12-13(2)23-17-16/h4-7,12H,3,8-11H2,1-2H3. The van der Waals surface area contributed by atoms with Crippen molar-refractivity contribution in [2.24, 2.45) is 0 Å². The Morgan fingerprint density at radius 2 is 1.83 bits per heavy atom. The molecule has 0 unspecified atom stereocenters. The van der Waals surface area contributed by atoms with Gasteiger partial charge in [0.05, 0.1) is 11.5 Å². The summed E-state index contributed by atoms with van der Waals surface area (Å²) in [5.41, 5.74) is 0. The Bertz CT molecular complexity index is 778. The minimum absolute atomic E-state index is 0.289. The van der Waals surface area contributed by atoms with Crippen LogP contribution in [-0.4, -0.2) is 50.7 Å². The Kier molecular flexibility index (Phi) is 4.77. The summed E-state index contributed by atoms with van der Waals surface area (Å²) in [4.78, 5) is 2.32. The molecule has 2 heterocycles. The lowest BCUT2D eigenvalue weighted by Crippen LogP contribution is -2.48. The summed E-state index contributed by atoms with van der Waals surface area (Å²) in [5, 5.41) is 3.98. The average molecular weight is 351 g/mol. The molecule has 24 heavy (non-hydrogen) atoms. The number of hydrogen-bond acceptors (Lipinski definition) is 6. The largest absolute Gasteiger partial charge is 0.494 e. The summed E-state index contributed by atoms with van der Waals surface area (Å²) in [5.74, 6) is 2.17. The second-order valence-corrected chi connectivity index (χ2v) is 7.53. The molecule has 8 heteroatoms. The number of aryl methyl sites for hydroxylation is 1. The van der Waals surface area contributed by atoms with Crippen molar-refractivity contribution in [2.75, 3.05) is 37.7 Å². The van der Waals surface area contributed by atoms with Crippen LogP contribution in [0.15, 0.2) is 39.8 Å². The van der Waals surface area contributed by atoms with E-state index in [0.29, 0.717) is 38.5 Å². The van der Waals surface area contributed by atoms with E-state index in [1.807, 2.05) is 24.8 Å². The predicted octanol–water partition coefficient (Wildman–Crippen LogP) is 1.89. The third-order valence-corrected chi connectivity index (χ3v) is 5.86. The van der Waals surface area contributed by atoms with Gasteiger partial charge in [-0.25, -0.2) is 8.42 Å². The summed E-state index contributed by atoms with van der Waals surface area (Å²) < 4.78 is 37.4. The third kappa shape index (κ3) is 3.39. The monoisotopic (exact) mass is 351 g/mol. The van der Waals surface area contributed by atoms with E-state index >= 15 is 0 Å². The maximum absolute atomic E-state index is 12.7. The lowest BCUT2D eigenvalue weighted by atomic mass is 10.3. The Morgan fingerprint density at radius 1 is 1.17 bits per heavy atom. The maximum atomic E-state index is 12.7. The van der Waals surface area contributed by atoms with Gasteiger partial charge in [-0.3, -0.25) is 0 Å². The summed E-state index contributed by atoms with van der Waals surface area (Å²) in [7, 11) is -3.49. The predicted molar refractivity (Wildman–Crippen MR) is 89.8 cm³/mol. The molecule has 0 atom stereocenters. The van der Waals surface area contributed by atoms with Crippen molar-refractivity contribution < 1.29 is 17.7 Å². The highest BCUT2D eigenvalue weighted by molar-refractivity contribution is 7.89. The van der Waals surface area contributed by atoms with Gasteiger partial charge in [0.25, 0.3) is 0 Å². The Hall–Kier alpha value is -2.06. The van der Waals surface area contributed by atoms with Gasteiger partial charge in [-0.05, 0) is 38.1 Å². The first-order valence-corrected chi connectivity index (χ1v) is 9.36. The molecule has 1 aromatic heterocycles. The molecular weight excluding hydrogens is 330 g/mol. The zero-order valence-corrected chi connectivity index (χ0v) is 14.6. The van der Waals surface area contributed by atoms with Gasteiger partial charge in [-0.15, -0.1) is 0 Å². The summed E-state index contributed by atoms with van der Waals surface area (Å²) >= 11 is 0.